The molecular formula is C52H44Cl2F6Zr-2. The van der Waals surface area contributed by atoms with Gasteiger partial charge in [-0.05, 0) is 11.1 Å². The number of fused-ring (bicyclic) bond motifs is 3. The van der Waals surface area contributed by atoms with Gasteiger partial charge in [-0.2, -0.15) is 11.6 Å². The summed E-state index contributed by atoms with van der Waals surface area (Å²) in [6, 6.07) is 46.1. The molecule has 1 atom stereocenters. The molecule has 0 amide bonds. The van der Waals surface area contributed by atoms with E-state index in [0.29, 0.717) is 26.2 Å². The molecule has 0 radical (unpaired) electrons. The van der Waals surface area contributed by atoms with Crippen LogP contribution in [0.3, 0.4) is 0 Å². The van der Waals surface area contributed by atoms with Crippen LogP contribution in [-0.4, -0.2) is 3.21 Å². The molecule has 7 aromatic carbocycles. The van der Waals surface area contributed by atoms with Gasteiger partial charge < -0.3 is 24.8 Å². The van der Waals surface area contributed by atoms with Crippen LogP contribution < -0.4 is 24.8 Å². The fourth-order valence-corrected chi connectivity index (χ4v) is 7.61. The zero-order chi connectivity index (χ0) is 42.5. The normalized spacial score (nSPS) is 13.7. The van der Waals surface area contributed by atoms with Gasteiger partial charge >= 0.3 is 137 Å². The average molecular weight is 945 g/mol. The van der Waals surface area contributed by atoms with Crippen LogP contribution in [0, 0.1) is 23.3 Å². The molecule has 314 valence electrons. The topological polar surface area (TPSA) is 0 Å². The van der Waals surface area contributed by atoms with Gasteiger partial charge in [0.15, 0.2) is 0 Å². The number of benzene rings is 6. The van der Waals surface area contributed by atoms with Crippen LogP contribution in [0.25, 0.3) is 43.8 Å². The van der Waals surface area contributed by atoms with Crippen molar-refractivity contribution in [3.63, 3.8) is 0 Å². The minimum Gasteiger partial charge on any atom is -1.00 e. The predicted octanol–water partition coefficient (Wildman–Crippen LogP) is 9.50. The molecule has 0 saturated carbocycles. The van der Waals surface area contributed by atoms with Gasteiger partial charge in [-0.15, -0.1) is 39.7 Å². The quantitative estimate of drug-likeness (QED) is 0.119. The molecule has 0 saturated heterocycles. The van der Waals surface area contributed by atoms with Crippen molar-refractivity contribution in [3.05, 3.63) is 198 Å². The molecule has 1 aliphatic rings. The summed E-state index contributed by atoms with van der Waals surface area (Å²) in [7, 11) is 0. The molecule has 8 rings (SSSR count). The Morgan fingerprint density at radius 2 is 0.951 bits per heavy atom. The largest absolute Gasteiger partial charge is 1.00 e. The third-order valence-electron chi connectivity index (χ3n) is 10.3. The molecule has 0 heterocycles. The van der Waals surface area contributed by atoms with E-state index in [4.69, 9.17) is 0 Å². The predicted molar refractivity (Wildman–Crippen MR) is 228 cm³/mol. The molecule has 1 unspecified atom stereocenters. The van der Waals surface area contributed by atoms with Crippen LogP contribution in [0.4, 0.5) is 26.3 Å². The van der Waals surface area contributed by atoms with E-state index in [0.717, 1.165) is 48.5 Å². The Bertz CT molecular complexity index is 2420. The Balaban J connectivity index is 0.000000210. The summed E-state index contributed by atoms with van der Waals surface area (Å²) in [6.45, 7) is 11.2. The summed E-state index contributed by atoms with van der Waals surface area (Å²) in [6.07, 6.45) is -0.913. The third-order valence-corrected chi connectivity index (χ3v) is 11.7. The van der Waals surface area contributed by atoms with Crippen molar-refractivity contribution in [2.24, 2.45) is 17.3 Å². The zero-order valence-electron chi connectivity index (χ0n) is 34.3. The standard InChI is InChI=1S/C25H17.C15H8F6.C12H19.2ClH.Zr/c1-3-7-18(8-4-1)20-11-13-24-22(15-20)17-23-16-21(12-14-25(23)24)19-9-5-2-6-10-19;16-14(17,18)12-5-1-10(2-6-12)9-11-3-7-13(8-4-11)15(19,20)21;1-9(2)10-6-7-11(8-10)12(3,4)5;;;/h1-17H;1-8H;7-10H,1-5H3;2*1H;/q-1;;-1;;;+2/p-2. The van der Waals surface area contributed by atoms with E-state index < -0.39 is 23.5 Å². The molecule has 0 bridgehead atoms. The first-order valence-electron chi connectivity index (χ1n) is 19.4. The number of alkyl halides is 6. The van der Waals surface area contributed by atoms with Crippen LogP contribution in [0.5, 0.6) is 0 Å². The Morgan fingerprint density at radius 3 is 1.26 bits per heavy atom. The molecule has 0 spiro atoms. The summed E-state index contributed by atoms with van der Waals surface area (Å²) < 4.78 is 75.6. The van der Waals surface area contributed by atoms with Crippen molar-refractivity contribution in [3.8, 4) is 22.3 Å². The number of hydrogen-bond acceptors (Lipinski definition) is 0. The minimum absolute atomic E-state index is 0. The molecule has 0 nitrogen and oxygen atoms in total. The number of hydrogen-bond donors (Lipinski definition) is 0. The van der Waals surface area contributed by atoms with Crippen molar-refractivity contribution in [1.82, 2.24) is 0 Å². The second-order valence-corrected chi connectivity index (χ2v) is 17.2. The Kier molecular flexibility index (Phi) is 16.7. The molecule has 1 aliphatic carbocycles. The van der Waals surface area contributed by atoms with Gasteiger partial charge in [0.25, 0.3) is 0 Å². The molecule has 0 fully saturated rings. The second kappa shape index (κ2) is 20.6. The van der Waals surface area contributed by atoms with Gasteiger partial charge in [0.05, 0.1) is 0 Å². The number of halogens is 8. The maximum Gasteiger partial charge on any atom is -0.0259 e. The van der Waals surface area contributed by atoms with Gasteiger partial charge in [0.1, 0.15) is 0 Å². The SMILES string of the molecule is CC(C)C1[C-]=CC(C(C)(C)C)=C1.FC(F)(F)c1ccc([C](=[Zr+2])c2ccc(C(F)(F)F)cc2)cc1.[Cl-].[Cl-].c1ccc(-c2ccc3c(c2)[cH-]c2cc(-c4ccccc4)ccc23)cc1. The summed E-state index contributed by atoms with van der Waals surface area (Å²) in [5.74, 6) is 1.22. The monoisotopic (exact) mass is 942 g/mol. The van der Waals surface area contributed by atoms with E-state index in [-0.39, 0.29) is 30.2 Å². The third kappa shape index (κ3) is 12.6. The molecule has 0 aliphatic heterocycles. The Labute approximate surface area is 381 Å². The van der Waals surface area contributed by atoms with Gasteiger partial charge in [-0.1, -0.05) is 148 Å². The first kappa shape index (κ1) is 49.2. The summed E-state index contributed by atoms with van der Waals surface area (Å²) in [4.78, 5) is 0. The molecule has 0 aromatic heterocycles. The minimum atomic E-state index is -4.41. The van der Waals surface area contributed by atoms with E-state index >= 15 is 0 Å². The van der Waals surface area contributed by atoms with Crippen molar-refractivity contribution in [1.29, 1.82) is 0 Å². The zero-order valence-corrected chi connectivity index (χ0v) is 38.2. The van der Waals surface area contributed by atoms with E-state index in [1.54, 1.807) is 0 Å². The van der Waals surface area contributed by atoms with Crippen molar-refractivity contribution < 1.29 is 75.4 Å². The first-order chi connectivity index (χ1) is 27.9. The van der Waals surface area contributed by atoms with Crippen LogP contribution >= 0.6 is 0 Å². The van der Waals surface area contributed by atoms with Crippen LogP contribution in [-0.2, 0) is 36.6 Å². The van der Waals surface area contributed by atoms with Gasteiger partial charge in [-0.25, -0.2) is 6.08 Å². The van der Waals surface area contributed by atoms with Gasteiger partial charge in [0, 0.05) is 0 Å². The van der Waals surface area contributed by atoms with E-state index in [2.05, 4.69) is 156 Å². The fourth-order valence-electron chi connectivity index (χ4n) is 6.79. The maximum atomic E-state index is 12.5. The summed E-state index contributed by atoms with van der Waals surface area (Å²) in [5, 5.41) is 5.27. The van der Waals surface area contributed by atoms with E-state index in [1.165, 1.54) is 73.6 Å². The summed E-state index contributed by atoms with van der Waals surface area (Å²) in [5.41, 5.74) is 6.40. The number of allylic oxidation sites excluding steroid dienone is 4. The van der Waals surface area contributed by atoms with E-state index in [1.807, 2.05) is 0 Å². The van der Waals surface area contributed by atoms with Crippen LogP contribution in [0.2, 0.25) is 0 Å². The molecular weight excluding hydrogens is 901 g/mol. The van der Waals surface area contributed by atoms with Gasteiger partial charge in [0.2, 0.25) is 0 Å². The fraction of sp³-hybridized carbons (Fsp3) is 0.192. The van der Waals surface area contributed by atoms with Crippen LogP contribution in [0.1, 0.15) is 56.9 Å². The molecule has 0 N–H and O–H groups in total. The Morgan fingerprint density at radius 1 is 0.557 bits per heavy atom. The Hall–Kier alpha value is -4.42. The molecule has 61 heavy (non-hydrogen) atoms. The van der Waals surface area contributed by atoms with E-state index in [9.17, 15) is 26.3 Å². The maximum absolute atomic E-state index is 12.5. The van der Waals surface area contributed by atoms with Crippen molar-refractivity contribution in [2.45, 2.75) is 47.0 Å². The summed E-state index contributed by atoms with van der Waals surface area (Å²) >= 11 is 0.898. The molecule has 7 aromatic rings. The van der Waals surface area contributed by atoms with Crippen molar-refractivity contribution in [2.75, 3.05) is 0 Å². The van der Waals surface area contributed by atoms with Crippen LogP contribution in [0.15, 0.2) is 169 Å². The smallest absolute Gasteiger partial charge is 0.0259 e. The molecule has 9 heteroatoms. The first-order valence-corrected chi connectivity index (χ1v) is 20.6. The average Bonchev–Trinajstić information content (AvgIpc) is 3.87. The number of rotatable bonds is 5. The second-order valence-electron chi connectivity index (χ2n) is 16.0. The van der Waals surface area contributed by atoms with Gasteiger partial charge in [-0.3, -0.25) is 6.08 Å². The van der Waals surface area contributed by atoms with Crippen molar-refractivity contribution >= 4 is 24.8 Å².